The normalized spacial score (nSPS) is 27.2. The number of aryl methyl sites for hydroxylation is 1. The smallest absolute Gasteiger partial charge is 0.252 e. The van der Waals surface area contributed by atoms with E-state index in [1.54, 1.807) is 12.1 Å². The van der Waals surface area contributed by atoms with Gasteiger partial charge in [-0.1, -0.05) is 0 Å². The Kier molecular flexibility index (Phi) is 3.30. The zero-order valence-corrected chi connectivity index (χ0v) is 11.0. The van der Waals surface area contributed by atoms with Crippen molar-refractivity contribution in [2.24, 2.45) is 0 Å². The Hall–Kier alpha value is -1.55. The SMILES string of the molecule is Cc1cc(O)ccc1C(=O)NC1(C)CCOC1C. The molecule has 1 saturated heterocycles. The monoisotopic (exact) mass is 249 g/mol. The van der Waals surface area contributed by atoms with Crippen LogP contribution in [0.3, 0.4) is 0 Å². The van der Waals surface area contributed by atoms with Crippen LogP contribution < -0.4 is 5.32 Å². The average molecular weight is 249 g/mol. The van der Waals surface area contributed by atoms with Gasteiger partial charge in [-0.3, -0.25) is 4.79 Å². The van der Waals surface area contributed by atoms with Gasteiger partial charge in [0.25, 0.3) is 5.91 Å². The fourth-order valence-corrected chi connectivity index (χ4v) is 2.23. The number of phenols is 1. The molecule has 1 aromatic rings. The minimum absolute atomic E-state index is 0.0128. The van der Waals surface area contributed by atoms with Crippen molar-refractivity contribution in [1.29, 1.82) is 0 Å². The first kappa shape index (κ1) is 12.9. The number of carbonyl (C=O) groups excluding carboxylic acids is 1. The van der Waals surface area contributed by atoms with Crippen molar-refractivity contribution in [3.63, 3.8) is 0 Å². The van der Waals surface area contributed by atoms with Crippen LogP contribution in [0.4, 0.5) is 0 Å². The number of phenolic OH excluding ortho intramolecular Hbond substituents is 1. The van der Waals surface area contributed by atoms with Gasteiger partial charge in [-0.25, -0.2) is 0 Å². The average Bonchev–Trinajstić information content (AvgIpc) is 2.58. The molecule has 2 unspecified atom stereocenters. The van der Waals surface area contributed by atoms with Gasteiger partial charge in [-0.05, 0) is 51.0 Å². The highest BCUT2D eigenvalue weighted by molar-refractivity contribution is 5.96. The Morgan fingerprint density at radius 3 is 2.83 bits per heavy atom. The van der Waals surface area contributed by atoms with Crippen LogP contribution in [0.25, 0.3) is 0 Å². The van der Waals surface area contributed by atoms with E-state index < -0.39 is 0 Å². The van der Waals surface area contributed by atoms with Gasteiger partial charge in [0.2, 0.25) is 0 Å². The van der Waals surface area contributed by atoms with Gasteiger partial charge < -0.3 is 15.2 Å². The molecule has 2 N–H and O–H groups in total. The molecule has 1 fully saturated rings. The van der Waals surface area contributed by atoms with Gasteiger partial charge in [-0.15, -0.1) is 0 Å². The summed E-state index contributed by atoms with van der Waals surface area (Å²) < 4.78 is 5.50. The fraction of sp³-hybridized carbons (Fsp3) is 0.500. The first-order chi connectivity index (χ1) is 8.42. The third-order valence-electron chi connectivity index (χ3n) is 3.74. The lowest BCUT2D eigenvalue weighted by Crippen LogP contribution is -2.50. The number of benzene rings is 1. The number of hydrogen-bond acceptors (Lipinski definition) is 3. The number of nitrogens with one attached hydrogen (secondary N) is 1. The van der Waals surface area contributed by atoms with Crippen LogP contribution in [0, 0.1) is 6.92 Å². The molecule has 18 heavy (non-hydrogen) atoms. The van der Waals surface area contributed by atoms with E-state index in [0.29, 0.717) is 12.2 Å². The molecule has 2 atom stereocenters. The van der Waals surface area contributed by atoms with E-state index in [1.807, 2.05) is 20.8 Å². The number of hydrogen-bond donors (Lipinski definition) is 2. The van der Waals surface area contributed by atoms with Crippen LogP contribution >= 0.6 is 0 Å². The molecule has 0 aromatic heterocycles. The van der Waals surface area contributed by atoms with Crippen LogP contribution in [-0.2, 0) is 4.74 Å². The summed E-state index contributed by atoms with van der Waals surface area (Å²) in [4.78, 5) is 12.2. The number of rotatable bonds is 2. The fourth-order valence-electron chi connectivity index (χ4n) is 2.23. The summed E-state index contributed by atoms with van der Waals surface area (Å²) in [5.41, 5.74) is 1.04. The van der Waals surface area contributed by atoms with E-state index >= 15 is 0 Å². The van der Waals surface area contributed by atoms with Crippen molar-refractivity contribution >= 4 is 5.91 Å². The summed E-state index contributed by atoms with van der Waals surface area (Å²) >= 11 is 0. The van der Waals surface area contributed by atoms with Crippen molar-refractivity contribution in [2.75, 3.05) is 6.61 Å². The Morgan fingerprint density at radius 1 is 1.56 bits per heavy atom. The topological polar surface area (TPSA) is 58.6 Å². The van der Waals surface area contributed by atoms with Gasteiger partial charge in [0.1, 0.15) is 5.75 Å². The van der Waals surface area contributed by atoms with Crippen LogP contribution in [0.1, 0.15) is 36.2 Å². The highest BCUT2D eigenvalue weighted by atomic mass is 16.5. The van der Waals surface area contributed by atoms with Crippen LogP contribution in [0.15, 0.2) is 18.2 Å². The predicted octanol–water partition coefficient (Wildman–Crippen LogP) is 2.00. The lowest BCUT2D eigenvalue weighted by atomic mass is 9.94. The van der Waals surface area contributed by atoms with Gasteiger partial charge in [0.05, 0.1) is 11.6 Å². The Labute approximate surface area is 107 Å². The first-order valence-corrected chi connectivity index (χ1v) is 6.16. The minimum Gasteiger partial charge on any atom is -0.508 e. The van der Waals surface area contributed by atoms with Crippen LogP contribution in [-0.4, -0.2) is 29.3 Å². The molecule has 1 heterocycles. The molecule has 4 heteroatoms. The highest BCUT2D eigenvalue weighted by Gasteiger charge is 2.38. The molecule has 2 rings (SSSR count). The van der Waals surface area contributed by atoms with E-state index in [4.69, 9.17) is 4.74 Å². The second-order valence-electron chi connectivity index (χ2n) is 5.13. The molecular formula is C14H19NO3. The third-order valence-corrected chi connectivity index (χ3v) is 3.74. The minimum atomic E-state index is -0.318. The van der Waals surface area contributed by atoms with Gasteiger partial charge >= 0.3 is 0 Å². The maximum atomic E-state index is 12.2. The van der Waals surface area contributed by atoms with Crippen molar-refractivity contribution in [3.05, 3.63) is 29.3 Å². The lowest BCUT2D eigenvalue weighted by Gasteiger charge is -2.29. The maximum absolute atomic E-state index is 12.2. The van der Waals surface area contributed by atoms with Crippen molar-refractivity contribution in [1.82, 2.24) is 5.32 Å². The molecule has 1 aliphatic rings. The molecule has 1 amide bonds. The van der Waals surface area contributed by atoms with Crippen LogP contribution in [0.2, 0.25) is 0 Å². The van der Waals surface area contributed by atoms with E-state index in [9.17, 15) is 9.90 Å². The summed E-state index contributed by atoms with van der Waals surface area (Å²) in [6.07, 6.45) is 0.829. The van der Waals surface area contributed by atoms with Crippen molar-refractivity contribution in [3.8, 4) is 5.75 Å². The second-order valence-corrected chi connectivity index (χ2v) is 5.13. The number of amides is 1. The highest BCUT2D eigenvalue weighted by Crippen LogP contribution is 2.26. The molecule has 0 radical (unpaired) electrons. The molecule has 0 bridgehead atoms. The quantitative estimate of drug-likeness (QED) is 0.842. The van der Waals surface area contributed by atoms with Crippen molar-refractivity contribution in [2.45, 2.75) is 38.8 Å². The predicted molar refractivity (Wildman–Crippen MR) is 68.7 cm³/mol. The summed E-state index contributed by atoms with van der Waals surface area (Å²) in [7, 11) is 0. The third kappa shape index (κ3) is 2.34. The molecule has 98 valence electrons. The standard InChI is InChI=1S/C14H19NO3/c1-9-8-11(16)4-5-12(9)13(17)15-14(3)6-7-18-10(14)2/h4-5,8,10,16H,6-7H2,1-3H3,(H,15,17). The summed E-state index contributed by atoms with van der Waals surface area (Å²) in [6, 6.07) is 4.76. The molecule has 0 saturated carbocycles. The van der Waals surface area contributed by atoms with Gasteiger partial charge in [0, 0.05) is 12.2 Å². The maximum Gasteiger partial charge on any atom is 0.252 e. The zero-order chi connectivity index (χ0) is 13.3. The van der Waals surface area contributed by atoms with E-state index in [1.165, 1.54) is 6.07 Å². The Bertz CT molecular complexity index is 472. The molecule has 1 aliphatic heterocycles. The van der Waals surface area contributed by atoms with Crippen LogP contribution in [0.5, 0.6) is 5.75 Å². The lowest BCUT2D eigenvalue weighted by molar-refractivity contribution is 0.0727. The van der Waals surface area contributed by atoms with E-state index in [2.05, 4.69) is 5.32 Å². The van der Waals surface area contributed by atoms with Crippen molar-refractivity contribution < 1.29 is 14.6 Å². The number of aromatic hydroxyl groups is 1. The first-order valence-electron chi connectivity index (χ1n) is 6.16. The molecule has 1 aromatic carbocycles. The largest absolute Gasteiger partial charge is 0.508 e. The second kappa shape index (κ2) is 4.61. The van der Waals surface area contributed by atoms with E-state index in [0.717, 1.165) is 12.0 Å². The number of ether oxygens (including phenoxy) is 1. The molecule has 0 aliphatic carbocycles. The molecular weight excluding hydrogens is 230 g/mol. The van der Waals surface area contributed by atoms with Gasteiger partial charge in [-0.2, -0.15) is 0 Å². The molecule has 4 nitrogen and oxygen atoms in total. The Balaban J connectivity index is 2.17. The van der Waals surface area contributed by atoms with E-state index in [-0.39, 0.29) is 23.3 Å². The Morgan fingerprint density at radius 2 is 2.28 bits per heavy atom. The zero-order valence-electron chi connectivity index (χ0n) is 11.0. The molecule has 0 spiro atoms. The summed E-state index contributed by atoms with van der Waals surface area (Å²) in [5, 5.41) is 12.4. The number of carbonyl (C=O) groups is 1. The summed E-state index contributed by atoms with van der Waals surface area (Å²) in [5.74, 6) is 0.0557. The van der Waals surface area contributed by atoms with Gasteiger partial charge in [0.15, 0.2) is 0 Å². The summed E-state index contributed by atoms with van der Waals surface area (Å²) in [6.45, 7) is 6.45.